The van der Waals surface area contributed by atoms with Crippen molar-refractivity contribution < 1.29 is 0 Å². The zero-order valence-corrected chi connectivity index (χ0v) is 12.2. The highest BCUT2D eigenvalue weighted by molar-refractivity contribution is 7.13. The quantitative estimate of drug-likeness (QED) is 0.788. The maximum atomic E-state index is 9.39. The van der Waals surface area contributed by atoms with Crippen LogP contribution in [-0.4, -0.2) is 9.97 Å². The number of nitriles is 1. The minimum atomic E-state index is 0.642. The fourth-order valence-electron chi connectivity index (χ4n) is 2.42. The van der Waals surface area contributed by atoms with Crippen molar-refractivity contribution in [3.8, 4) is 6.07 Å². The first kappa shape index (κ1) is 13.0. The number of aromatic nitrogens is 2. The molecule has 1 atom stereocenters. The van der Waals surface area contributed by atoms with Crippen LogP contribution < -0.4 is 0 Å². The monoisotopic (exact) mass is 281 g/mol. The van der Waals surface area contributed by atoms with Crippen LogP contribution in [0.15, 0.2) is 24.5 Å². The Bertz CT molecular complexity index is 679. The normalized spacial score (nSPS) is 18.4. The standard InChI is InChI=1S/C16H15N3S/c1-11-2-3-14-15(8-11)20-16(19-14)13(10-17)9-12-4-6-18-7-5-12/h4-7,9,11H,2-3,8H2,1H3. The van der Waals surface area contributed by atoms with Crippen molar-refractivity contribution in [1.29, 1.82) is 5.26 Å². The van der Waals surface area contributed by atoms with Gasteiger partial charge in [0.15, 0.2) is 0 Å². The Hall–Kier alpha value is -1.99. The number of nitrogens with zero attached hydrogens (tertiary/aromatic N) is 3. The summed E-state index contributed by atoms with van der Waals surface area (Å²) in [7, 11) is 0. The molecule has 0 N–H and O–H groups in total. The fourth-order valence-corrected chi connectivity index (χ4v) is 3.66. The summed E-state index contributed by atoms with van der Waals surface area (Å²) < 4.78 is 0. The van der Waals surface area contributed by atoms with Crippen LogP contribution in [0.2, 0.25) is 0 Å². The Morgan fingerprint density at radius 2 is 2.25 bits per heavy atom. The van der Waals surface area contributed by atoms with Gasteiger partial charge in [-0.1, -0.05) is 6.92 Å². The molecule has 2 aromatic heterocycles. The summed E-state index contributed by atoms with van der Waals surface area (Å²) >= 11 is 1.67. The van der Waals surface area contributed by atoms with Crippen molar-refractivity contribution >= 4 is 23.0 Å². The van der Waals surface area contributed by atoms with E-state index in [4.69, 9.17) is 0 Å². The molecule has 0 amide bonds. The van der Waals surface area contributed by atoms with Crippen molar-refractivity contribution in [3.05, 3.63) is 45.7 Å². The van der Waals surface area contributed by atoms with Crippen LogP contribution in [0.5, 0.6) is 0 Å². The second-order valence-corrected chi connectivity index (χ2v) is 6.27. The fraction of sp³-hybridized carbons (Fsp3) is 0.312. The van der Waals surface area contributed by atoms with Gasteiger partial charge in [0, 0.05) is 17.3 Å². The van der Waals surface area contributed by atoms with Gasteiger partial charge in [0.1, 0.15) is 11.1 Å². The molecule has 0 saturated heterocycles. The third-order valence-electron chi connectivity index (χ3n) is 3.55. The van der Waals surface area contributed by atoms with Gasteiger partial charge in [-0.2, -0.15) is 5.26 Å². The second kappa shape index (κ2) is 5.56. The molecule has 0 fully saturated rings. The molecule has 0 radical (unpaired) electrons. The van der Waals surface area contributed by atoms with Crippen molar-refractivity contribution in [3.63, 3.8) is 0 Å². The third kappa shape index (κ3) is 2.63. The van der Waals surface area contributed by atoms with Crippen LogP contribution in [0.1, 0.15) is 34.5 Å². The first-order valence-electron chi connectivity index (χ1n) is 6.77. The van der Waals surface area contributed by atoms with E-state index < -0.39 is 0 Å². The Labute approximate surface area is 122 Å². The van der Waals surface area contributed by atoms with Crippen LogP contribution in [0.4, 0.5) is 0 Å². The van der Waals surface area contributed by atoms with Crippen LogP contribution in [0.25, 0.3) is 11.6 Å². The molecule has 0 bridgehead atoms. The van der Waals surface area contributed by atoms with Crippen LogP contribution >= 0.6 is 11.3 Å². The highest BCUT2D eigenvalue weighted by Gasteiger charge is 2.20. The molecule has 20 heavy (non-hydrogen) atoms. The van der Waals surface area contributed by atoms with Crippen molar-refractivity contribution in [2.45, 2.75) is 26.2 Å². The molecule has 0 aromatic carbocycles. The van der Waals surface area contributed by atoms with Gasteiger partial charge in [-0.25, -0.2) is 4.98 Å². The van der Waals surface area contributed by atoms with Crippen molar-refractivity contribution in [1.82, 2.24) is 9.97 Å². The molecule has 3 nitrogen and oxygen atoms in total. The first-order chi connectivity index (χ1) is 9.76. The summed E-state index contributed by atoms with van der Waals surface area (Å²) in [6.07, 6.45) is 8.69. The van der Waals surface area contributed by atoms with Crippen molar-refractivity contribution in [2.24, 2.45) is 5.92 Å². The lowest BCUT2D eigenvalue weighted by Gasteiger charge is -2.15. The van der Waals surface area contributed by atoms with E-state index in [1.165, 1.54) is 17.0 Å². The average Bonchev–Trinajstić information content (AvgIpc) is 2.88. The molecule has 1 aliphatic carbocycles. The lowest BCUT2D eigenvalue weighted by molar-refractivity contribution is 0.502. The Morgan fingerprint density at radius 3 is 3.00 bits per heavy atom. The van der Waals surface area contributed by atoms with Gasteiger partial charge in [0.05, 0.1) is 11.3 Å². The van der Waals surface area contributed by atoms with E-state index in [0.717, 1.165) is 29.3 Å². The SMILES string of the molecule is CC1CCc2nc(C(C#N)=Cc3ccncc3)sc2C1. The summed E-state index contributed by atoms with van der Waals surface area (Å²) in [4.78, 5) is 10.0. The molecule has 2 heterocycles. The minimum Gasteiger partial charge on any atom is -0.265 e. The lowest BCUT2D eigenvalue weighted by Crippen LogP contribution is -2.09. The molecule has 1 unspecified atom stereocenters. The van der Waals surface area contributed by atoms with Gasteiger partial charge < -0.3 is 0 Å². The zero-order valence-electron chi connectivity index (χ0n) is 11.3. The lowest BCUT2D eigenvalue weighted by atomic mass is 9.93. The van der Waals surface area contributed by atoms with Crippen LogP contribution in [-0.2, 0) is 12.8 Å². The van der Waals surface area contributed by atoms with E-state index in [9.17, 15) is 5.26 Å². The number of fused-ring (bicyclic) bond motifs is 1. The molecule has 3 rings (SSSR count). The van der Waals surface area contributed by atoms with Gasteiger partial charge in [0.25, 0.3) is 0 Å². The number of hydrogen-bond donors (Lipinski definition) is 0. The second-order valence-electron chi connectivity index (χ2n) is 5.19. The Kier molecular flexibility index (Phi) is 3.62. The Balaban J connectivity index is 1.95. The smallest absolute Gasteiger partial charge is 0.134 e. The van der Waals surface area contributed by atoms with E-state index in [1.807, 2.05) is 18.2 Å². The summed E-state index contributed by atoms with van der Waals surface area (Å²) in [5.74, 6) is 0.727. The Morgan fingerprint density at radius 1 is 1.45 bits per heavy atom. The maximum Gasteiger partial charge on any atom is 0.134 e. The predicted molar refractivity (Wildman–Crippen MR) is 81.0 cm³/mol. The topological polar surface area (TPSA) is 49.6 Å². The number of rotatable bonds is 2. The van der Waals surface area contributed by atoms with Gasteiger partial charge in [-0.15, -0.1) is 11.3 Å². The molecule has 1 aliphatic rings. The van der Waals surface area contributed by atoms with E-state index in [-0.39, 0.29) is 0 Å². The number of hydrogen-bond acceptors (Lipinski definition) is 4. The molecule has 4 heteroatoms. The highest BCUT2D eigenvalue weighted by Crippen LogP contribution is 2.32. The third-order valence-corrected chi connectivity index (χ3v) is 4.71. The van der Waals surface area contributed by atoms with E-state index in [1.54, 1.807) is 23.7 Å². The highest BCUT2D eigenvalue weighted by atomic mass is 32.1. The summed E-state index contributed by atoms with van der Waals surface area (Å²) in [5, 5.41) is 10.2. The van der Waals surface area contributed by atoms with Gasteiger partial charge in [-0.3, -0.25) is 4.98 Å². The molecule has 2 aromatic rings. The molecule has 0 spiro atoms. The van der Waals surface area contributed by atoms with E-state index in [0.29, 0.717) is 5.57 Å². The summed E-state index contributed by atoms with van der Waals surface area (Å²) in [6, 6.07) is 6.07. The van der Waals surface area contributed by atoms with Gasteiger partial charge in [0.2, 0.25) is 0 Å². The summed E-state index contributed by atoms with van der Waals surface area (Å²) in [6.45, 7) is 2.28. The first-order valence-corrected chi connectivity index (χ1v) is 7.58. The minimum absolute atomic E-state index is 0.642. The number of aryl methyl sites for hydroxylation is 1. The molecular formula is C16H15N3S. The zero-order chi connectivity index (χ0) is 13.9. The number of pyridine rings is 1. The molecule has 0 saturated carbocycles. The number of allylic oxidation sites excluding steroid dienone is 1. The van der Waals surface area contributed by atoms with Gasteiger partial charge in [-0.05, 0) is 49.0 Å². The van der Waals surface area contributed by atoms with E-state index >= 15 is 0 Å². The molecular weight excluding hydrogens is 266 g/mol. The summed E-state index contributed by atoms with van der Waals surface area (Å²) in [5.41, 5.74) is 2.82. The maximum absolute atomic E-state index is 9.39. The largest absolute Gasteiger partial charge is 0.265 e. The van der Waals surface area contributed by atoms with E-state index in [2.05, 4.69) is 23.0 Å². The van der Waals surface area contributed by atoms with Crippen LogP contribution in [0.3, 0.4) is 0 Å². The average molecular weight is 281 g/mol. The van der Waals surface area contributed by atoms with Gasteiger partial charge >= 0.3 is 0 Å². The molecule has 0 aliphatic heterocycles. The predicted octanol–water partition coefficient (Wildman–Crippen LogP) is 3.73. The van der Waals surface area contributed by atoms with Crippen molar-refractivity contribution in [2.75, 3.05) is 0 Å². The van der Waals surface area contributed by atoms with Crippen LogP contribution in [0, 0.1) is 17.2 Å². The number of thiazole rings is 1. The molecule has 100 valence electrons.